The van der Waals surface area contributed by atoms with Crippen molar-refractivity contribution < 1.29 is 0 Å². The maximum absolute atomic E-state index is 6.31. The molecule has 0 unspecified atom stereocenters. The van der Waals surface area contributed by atoms with E-state index in [0.717, 1.165) is 61.6 Å². The van der Waals surface area contributed by atoms with Gasteiger partial charge in [-0.2, -0.15) is 5.10 Å². The van der Waals surface area contributed by atoms with Crippen LogP contribution in [0.3, 0.4) is 0 Å². The van der Waals surface area contributed by atoms with Gasteiger partial charge < -0.3 is 15.5 Å². The highest BCUT2D eigenvalue weighted by Gasteiger charge is 2.29. The first-order valence-corrected chi connectivity index (χ1v) is 10.9. The molecule has 0 bridgehead atoms. The first-order valence-electron chi connectivity index (χ1n) is 10.9. The van der Waals surface area contributed by atoms with Gasteiger partial charge in [-0.3, -0.25) is 4.68 Å². The Balaban J connectivity index is 1.44. The molecule has 5 rings (SSSR count). The van der Waals surface area contributed by atoms with Gasteiger partial charge >= 0.3 is 0 Å². The number of nitrogens with zero attached hydrogens (tertiary/aromatic N) is 6. The second-order valence-electron chi connectivity index (χ2n) is 9.42. The molecule has 2 aliphatic heterocycles. The highest BCUT2D eigenvalue weighted by Crippen LogP contribution is 2.35. The standard InChI is InChI=1S/C23H31N7/c1-15-13-30(19-11-16(2)26-22-18(19)12-25-28(22)4)14-17-5-6-20(27-21(15)17)29-9-7-23(3,24)8-10-29/h5-6,11-12,15H,7-10,13-14,24H2,1-4H3/t15-/m0/s1. The Labute approximate surface area is 177 Å². The zero-order valence-corrected chi connectivity index (χ0v) is 18.4. The summed E-state index contributed by atoms with van der Waals surface area (Å²) in [6.45, 7) is 10.3. The third-order valence-electron chi connectivity index (χ3n) is 6.70. The molecule has 7 heteroatoms. The van der Waals surface area contributed by atoms with Crippen LogP contribution in [0, 0.1) is 6.92 Å². The molecule has 1 fully saturated rings. The molecule has 2 aliphatic rings. The van der Waals surface area contributed by atoms with Gasteiger partial charge in [0.15, 0.2) is 5.65 Å². The van der Waals surface area contributed by atoms with Crippen LogP contribution in [0.4, 0.5) is 11.5 Å². The Morgan fingerprint density at radius 3 is 2.67 bits per heavy atom. The average molecular weight is 406 g/mol. The Morgan fingerprint density at radius 2 is 1.90 bits per heavy atom. The number of fused-ring (bicyclic) bond motifs is 2. The van der Waals surface area contributed by atoms with Crippen LogP contribution in [0.5, 0.6) is 0 Å². The van der Waals surface area contributed by atoms with E-state index in [-0.39, 0.29) is 5.54 Å². The van der Waals surface area contributed by atoms with E-state index in [4.69, 9.17) is 10.7 Å². The summed E-state index contributed by atoms with van der Waals surface area (Å²) in [5.41, 5.74) is 12.0. The minimum Gasteiger partial charge on any atom is -0.366 e. The number of aryl methyl sites for hydroxylation is 2. The van der Waals surface area contributed by atoms with E-state index in [0.29, 0.717) is 5.92 Å². The quantitative estimate of drug-likeness (QED) is 0.706. The summed E-state index contributed by atoms with van der Waals surface area (Å²) in [6, 6.07) is 6.64. The zero-order valence-electron chi connectivity index (χ0n) is 18.4. The summed E-state index contributed by atoms with van der Waals surface area (Å²) in [4.78, 5) is 14.6. The first kappa shape index (κ1) is 19.3. The predicted molar refractivity (Wildman–Crippen MR) is 121 cm³/mol. The van der Waals surface area contributed by atoms with Gasteiger partial charge in [0, 0.05) is 50.4 Å². The Hall–Kier alpha value is -2.67. The second-order valence-corrected chi connectivity index (χ2v) is 9.42. The molecule has 0 aliphatic carbocycles. The highest BCUT2D eigenvalue weighted by atomic mass is 15.3. The number of rotatable bonds is 2. The molecule has 0 aromatic carbocycles. The first-order chi connectivity index (χ1) is 14.3. The van der Waals surface area contributed by atoms with E-state index in [1.54, 1.807) is 0 Å². The lowest BCUT2D eigenvalue weighted by molar-refractivity contribution is 0.363. The van der Waals surface area contributed by atoms with Gasteiger partial charge in [0.25, 0.3) is 0 Å². The van der Waals surface area contributed by atoms with Crippen LogP contribution in [-0.4, -0.2) is 44.9 Å². The minimum atomic E-state index is -0.0429. The number of pyridine rings is 2. The molecule has 2 N–H and O–H groups in total. The number of hydrogen-bond donors (Lipinski definition) is 1. The van der Waals surface area contributed by atoms with Crippen molar-refractivity contribution in [2.75, 3.05) is 29.4 Å². The van der Waals surface area contributed by atoms with E-state index in [1.807, 2.05) is 17.9 Å². The Kier molecular flexibility index (Phi) is 4.47. The topological polar surface area (TPSA) is 76.1 Å². The van der Waals surface area contributed by atoms with E-state index in [2.05, 4.69) is 58.9 Å². The van der Waals surface area contributed by atoms with Crippen LogP contribution < -0.4 is 15.5 Å². The maximum atomic E-state index is 6.31. The van der Waals surface area contributed by atoms with Crippen molar-refractivity contribution >= 4 is 22.5 Å². The summed E-state index contributed by atoms with van der Waals surface area (Å²) in [6.07, 6.45) is 3.95. The number of piperidine rings is 1. The summed E-state index contributed by atoms with van der Waals surface area (Å²) in [5.74, 6) is 1.46. The van der Waals surface area contributed by atoms with Crippen molar-refractivity contribution in [3.05, 3.63) is 41.3 Å². The molecule has 7 nitrogen and oxygen atoms in total. The normalized spacial score (nSPS) is 21.2. The zero-order chi connectivity index (χ0) is 21.0. The molecule has 5 heterocycles. The number of aromatic nitrogens is 4. The van der Waals surface area contributed by atoms with Crippen molar-refractivity contribution in [2.24, 2.45) is 12.8 Å². The van der Waals surface area contributed by atoms with Crippen molar-refractivity contribution in [2.45, 2.75) is 51.6 Å². The second kappa shape index (κ2) is 6.94. The number of hydrogen-bond acceptors (Lipinski definition) is 6. The lowest BCUT2D eigenvalue weighted by atomic mass is 9.91. The third kappa shape index (κ3) is 3.31. The molecule has 30 heavy (non-hydrogen) atoms. The molecule has 0 amide bonds. The summed E-state index contributed by atoms with van der Waals surface area (Å²) in [5, 5.41) is 5.54. The van der Waals surface area contributed by atoms with Crippen LogP contribution in [-0.2, 0) is 13.6 Å². The van der Waals surface area contributed by atoms with Gasteiger partial charge in [0.2, 0.25) is 0 Å². The fourth-order valence-corrected chi connectivity index (χ4v) is 4.83. The van der Waals surface area contributed by atoms with Crippen molar-refractivity contribution in [1.82, 2.24) is 19.7 Å². The number of anilines is 2. The third-order valence-corrected chi connectivity index (χ3v) is 6.70. The van der Waals surface area contributed by atoms with E-state index in [9.17, 15) is 0 Å². The summed E-state index contributed by atoms with van der Waals surface area (Å²) >= 11 is 0. The fourth-order valence-electron chi connectivity index (χ4n) is 4.83. The molecular weight excluding hydrogens is 374 g/mol. The van der Waals surface area contributed by atoms with Gasteiger partial charge in [0.05, 0.1) is 23.0 Å². The smallest absolute Gasteiger partial charge is 0.159 e. The van der Waals surface area contributed by atoms with E-state index < -0.39 is 0 Å². The summed E-state index contributed by atoms with van der Waals surface area (Å²) in [7, 11) is 1.95. The van der Waals surface area contributed by atoms with Crippen LogP contribution >= 0.6 is 0 Å². The highest BCUT2D eigenvalue weighted by molar-refractivity contribution is 5.89. The molecule has 0 radical (unpaired) electrons. The van der Waals surface area contributed by atoms with E-state index in [1.165, 1.54) is 16.9 Å². The molecule has 158 valence electrons. The van der Waals surface area contributed by atoms with Crippen molar-refractivity contribution in [3.8, 4) is 0 Å². The average Bonchev–Trinajstić information content (AvgIpc) is 3.08. The van der Waals surface area contributed by atoms with Crippen molar-refractivity contribution in [3.63, 3.8) is 0 Å². The van der Waals surface area contributed by atoms with Crippen LogP contribution in [0.25, 0.3) is 11.0 Å². The van der Waals surface area contributed by atoms with Gasteiger partial charge in [-0.15, -0.1) is 0 Å². The largest absolute Gasteiger partial charge is 0.366 e. The molecule has 3 aromatic rings. The molecule has 1 saturated heterocycles. The molecule has 0 spiro atoms. The maximum Gasteiger partial charge on any atom is 0.159 e. The predicted octanol–water partition coefficient (Wildman–Crippen LogP) is 3.11. The minimum absolute atomic E-state index is 0.0429. The lowest BCUT2D eigenvalue weighted by Gasteiger charge is -2.39. The fraction of sp³-hybridized carbons (Fsp3) is 0.522. The molecule has 1 atom stereocenters. The molecular formula is C23H31N7. The lowest BCUT2D eigenvalue weighted by Crippen LogP contribution is -2.48. The SMILES string of the molecule is Cc1cc(N2Cc3ccc(N4CCC(C)(N)CC4)nc3[C@@H](C)C2)c2cnn(C)c2n1. The van der Waals surface area contributed by atoms with Crippen molar-refractivity contribution in [1.29, 1.82) is 0 Å². The molecule has 0 saturated carbocycles. The Bertz CT molecular complexity index is 1090. The van der Waals surface area contributed by atoms with Gasteiger partial charge in [-0.25, -0.2) is 9.97 Å². The van der Waals surface area contributed by atoms with Crippen LogP contribution in [0.2, 0.25) is 0 Å². The van der Waals surface area contributed by atoms with Gasteiger partial charge in [0.1, 0.15) is 5.82 Å². The molecule has 3 aromatic heterocycles. The van der Waals surface area contributed by atoms with Crippen LogP contribution in [0.15, 0.2) is 24.4 Å². The Morgan fingerprint density at radius 1 is 1.13 bits per heavy atom. The van der Waals surface area contributed by atoms with E-state index >= 15 is 0 Å². The monoisotopic (exact) mass is 405 g/mol. The summed E-state index contributed by atoms with van der Waals surface area (Å²) < 4.78 is 1.85. The number of nitrogens with two attached hydrogens (primary N) is 1. The van der Waals surface area contributed by atoms with Gasteiger partial charge in [-0.05, 0) is 44.4 Å². The van der Waals surface area contributed by atoms with Gasteiger partial charge in [-0.1, -0.05) is 13.0 Å². The van der Waals surface area contributed by atoms with Crippen LogP contribution in [0.1, 0.15) is 49.6 Å².